The second-order valence-electron chi connectivity index (χ2n) is 14.2. The SMILES string of the molecule is CC(C)c1cc2c(cc1O[C@@H]1O[C@H](CO)C(O[C@@H]3O[C@H](CO)[C@@H](O)[C@H](O)[C@H]3O)[C@H](O)[C@H]1O)[C@@]1(C)CCCC(C)(C)[C@@H]1CC2. The van der Waals surface area contributed by atoms with E-state index in [4.69, 9.17) is 18.9 Å². The number of fused-ring (bicyclic) bond motifs is 3. The van der Waals surface area contributed by atoms with Gasteiger partial charge in [-0.2, -0.15) is 0 Å². The van der Waals surface area contributed by atoms with Crippen molar-refractivity contribution in [3.8, 4) is 5.75 Å². The lowest BCUT2D eigenvalue weighted by Crippen LogP contribution is -2.65. The van der Waals surface area contributed by atoms with E-state index in [0.717, 1.165) is 31.2 Å². The maximum Gasteiger partial charge on any atom is 0.229 e. The Bertz CT molecular complexity index is 1120. The van der Waals surface area contributed by atoms with Gasteiger partial charge in [0, 0.05) is 0 Å². The number of aryl methyl sites for hydroxylation is 1. The van der Waals surface area contributed by atoms with E-state index in [0.29, 0.717) is 11.7 Å². The highest BCUT2D eigenvalue weighted by molar-refractivity contribution is 5.49. The third-order valence-electron chi connectivity index (χ3n) is 10.6. The summed E-state index contributed by atoms with van der Waals surface area (Å²) in [4.78, 5) is 0. The van der Waals surface area contributed by atoms with Crippen LogP contribution in [0.5, 0.6) is 5.75 Å². The van der Waals surface area contributed by atoms with E-state index in [1.807, 2.05) is 0 Å². The summed E-state index contributed by atoms with van der Waals surface area (Å²) in [5.41, 5.74) is 3.73. The van der Waals surface area contributed by atoms with Crippen LogP contribution in [0.4, 0.5) is 0 Å². The summed E-state index contributed by atoms with van der Waals surface area (Å²) in [6.45, 7) is 9.94. The summed E-state index contributed by atoms with van der Waals surface area (Å²) in [5, 5.41) is 72.5. The van der Waals surface area contributed by atoms with Crippen LogP contribution in [-0.2, 0) is 26.0 Å². The maximum atomic E-state index is 11.2. The second-order valence-corrected chi connectivity index (χ2v) is 14.2. The predicted octanol–water partition coefficient (Wildman–Crippen LogP) is 0.843. The van der Waals surface area contributed by atoms with Gasteiger partial charge in [0.15, 0.2) is 6.29 Å². The molecule has 2 aliphatic carbocycles. The summed E-state index contributed by atoms with van der Waals surface area (Å²) >= 11 is 0. The molecule has 244 valence electrons. The summed E-state index contributed by atoms with van der Waals surface area (Å²) < 4.78 is 23.4. The van der Waals surface area contributed by atoms with E-state index in [1.165, 1.54) is 17.5 Å². The molecule has 0 spiro atoms. The number of ether oxygens (including phenoxy) is 4. The van der Waals surface area contributed by atoms with Crippen LogP contribution in [0.2, 0.25) is 0 Å². The van der Waals surface area contributed by atoms with Crippen LogP contribution in [0, 0.1) is 11.3 Å². The van der Waals surface area contributed by atoms with E-state index < -0.39 is 74.6 Å². The van der Waals surface area contributed by atoms with E-state index in [-0.39, 0.29) is 16.7 Å². The first kappa shape index (κ1) is 33.0. The summed E-state index contributed by atoms with van der Waals surface area (Å²) in [7, 11) is 0. The van der Waals surface area contributed by atoms with Crippen molar-refractivity contribution in [1.29, 1.82) is 0 Å². The molecule has 0 radical (unpaired) electrons. The topological polar surface area (TPSA) is 179 Å². The summed E-state index contributed by atoms with van der Waals surface area (Å²) in [6.07, 6.45) is -9.44. The van der Waals surface area contributed by atoms with E-state index in [2.05, 4.69) is 46.8 Å². The van der Waals surface area contributed by atoms with Gasteiger partial charge in [-0.25, -0.2) is 0 Å². The minimum Gasteiger partial charge on any atom is -0.462 e. The first-order chi connectivity index (χ1) is 20.2. The molecule has 1 aromatic rings. The van der Waals surface area contributed by atoms with E-state index in [9.17, 15) is 35.7 Å². The lowest BCUT2D eigenvalue weighted by atomic mass is 9.50. The van der Waals surface area contributed by atoms with Gasteiger partial charge < -0.3 is 54.7 Å². The Morgan fingerprint density at radius 3 is 2.14 bits per heavy atom. The highest BCUT2D eigenvalue weighted by Gasteiger charge is 2.52. The third-order valence-corrected chi connectivity index (χ3v) is 10.6. The molecule has 12 atom stereocenters. The molecule has 2 aliphatic heterocycles. The van der Waals surface area contributed by atoms with Crippen LogP contribution in [0.1, 0.15) is 82.9 Å². The zero-order chi connectivity index (χ0) is 31.4. The zero-order valence-electron chi connectivity index (χ0n) is 25.8. The van der Waals surface area contributed by atoms with Crippen molar-refractivity contribution < 1.29 is 54.7 Å². The van der Waals surface area contributed by atoms with E-state index >= 15 is 0 Å². The van der Waals surface area contributed by atoms with Gasteiger partial charge in [-0.3, -0.25) is 0 Å². The first-order valence-corrected chi connectivity index (χ1v) is 15.7. The average molecular weight is 611 g/mol. The van der Waals surface area contributed by atoms with Gasteiger partial charge in [-0.05, 0) is 71.1 Å². The molecule has 43 heavy (non-hydrogen) atoms. The lowest BCUT2D eigenvalue weighted by molar-refractivity contribution is -0.352. The molecule has 0 aromatic heterocycles. The molecule has 1 unspecified atom stereocenters. The molecule has 0 amide bonds. The quantitative estimate of drug-likeness (QED) is 0.233. The highest BCUT2D eigenvalue weighted by atomic mass is 16.7. The lowest BCUT2D eigenvalue weighted by Gasteiger charge is -2.54. The number of hydrogen-bond donors (Lipinski definition) is 7. The van der Waals surface area contributed by atoms with Gasteiger partial charge in [0.1, 0.15) is 54.6 Å². The fourth-order valence-electron chi connectivity index (χ4n) is 8.17. The molecule has 7 N–H and O–H groups in total. The zero-order valence-corrected chi connectivity index (χ0v) is 25.8. The highest BCUT2D eigenvalue weighted by Crippen LogP contribution is 2.58. The molecule has 2 saturated heterocycles. The molecule has 1 saturated carbocycles. The maximum absolute atomic E-state index is 11.2. The van der Waals surface area contributed by atoms with Crippen molar-refractivity contribution in [2.24, 2.45) is 11.3 Å². The summed E-state index contributed by atoms with van der Waals surface area (Å²) in [6, 6.07) is 4.30. The van der Waals surface area contributed by atoms with Gasteiger partial charge >= 0.3 is 0 Å². The minimum atomic E-state index is -1.73. The number of aliphatic hydroxyl groups is 7. The normalized spacial score (nSPS) is 42.8. The molecule has 1 aromatic carbocycles. The number of benzene rings is 1. The van der Waals surface area contributed by atoms with Crippen LogP contribution >= 0.6 is 0 Å². The Morgan fingerprint density at radius 1 is 0.837 bits per heavy atom. The van der Waals surface area contributed by atoms with Crippen LogP contribution in [-0.4, -0.2) is 110 Å². The van der Waals surface area contributed by atoms with Crippen LogP contribution < -0.4 is 4.74 Å². The molecule has 5 rings (SSSR count). The smallest absolute Gasteiger partial charge is 0.229 e. The average Bonchev–Trinajstić information content (AvgIpc) is 2.96. The largest absolute Gasteiger partial charge is 0.462 e. The number of aliphatic hydroxyl groups excluding tert-OH is 7. The van der Waals surface area contributed by atoms with Gasteiger partial charge in [0.25, 0.3) is 0 Å². The van der Waals surface area contributed by atoms with Crippen molar-refractivity contribution in [1.82, 2.24) is 0 Å². The Balaban J connectivity index is 1.40. The fraction of sp³-hybridized carbons (Fsp3) is 0.812. The molecule has 3 fully saturated rings. The standard InChI is InChI=1S/C32H50O11/c1-15(2)17-11-16-7-8-22-31(3,4)9-6-10-32(22,5)18(16)12-19(17)40-29-27(39)25(37)28(21(14-34)42-29)43-30-26(38)24(36)23(35)20(13-33)41-30/h11-12,15,20-30,33-39H,6-10,13-14H2,1-5H3/t20-,21-,22+,23-,24+,25-,26-,27-,28?,29-,30+,32-/m1/s1. The molecule has 4 aliphatic rings. The first-order valence-electron chi connectivity index (χ1n) is 15.7. The molecule has 11 heteroatoms. The van der Waals surface area contributed by atoms with Crippen molar-refractivity contribution >= 4 is 0 Å². The Labute approximate surface area is 253 Å². The Hall–Kier alpha value is -1.38. The van der Waals surface area contributed by atoms with Crippen molar-refractivity contribution in [3.05, 3.63) is 28.8 Å². The van der Waals surface area contributed by atoms with Crippen molar-refractivity contribution in [2.45, 2.75) is 139 Å². The molecule has 11 nitrogen and oxygen atoms in total. The van der Waals surface area contributed by atoms with Crippen molar-refractivity contribution in [3.63, 3.8) is 0 Å². The third kappa shape index (κ3) is 5.87. The second kappa shape index (κ2) is 12.4. The Kier molecular flexibility index (Phi) is 9.54. The molecular weight excluding hydrogens is 560 g/mol. The summed E-state index contributed by atoms with van der Waals surface area (Å²) in [5.74, 6) is 1.19. The number of rotatable bonds is 7. The van der Waals surface area contributed by atoms with Gasteiger partial charge in [0.2, 0.25) is 6.29 Å². The number of hydrogen-bond acceptors (Lipinski definition) is 11. The molecule has 2 heterocycles. The molecule has 0 bridgehead atoms. The predicted molar refractivity (Wildman–Crippen MR) is 154 cm³/mol. The van der Waals surface area contributed by atoms with Gasteiger partial charge in [-0.1, -0.05) is 47.1 Å². The minimum absolute atomic E-state index is 0.0214. The van der Waals surface area contributed by atoms with Crippen LogP contribution in [0.3, 0.4) is 0 Å². The van der Waals surface area contributed by atoms with Crippen LogP contribution in [0.25, 0.3) is 0 Å². The van der Waals surface area contributed by atoms with Crippen molar-refractivity contribution in [2.75, 3.05) is 13.2 Å². The fourth-order valence-corrected chi connectivity index (χ4v) is 8.17. The van der Waals surface area contributed by atoms with Gasteiger partial charge in [-0.15, -0.1) is 0 Å². The molecular formula is C32H50O11. The Morgan fingerprint density at radius 2 is 1.49 bits per heavy atom. The van der Waals surface area contributed by atoms with Crippen LogP contribution in [0.15, 0.2) is 12.1 Å². The van der Waals surface area contributed by atoms with Gasteiger partial charge in [0.05, 0.1) is 13.2 Å². The monoisotopic (exact) mass is 610 g/mol. The van der Waals surface area contributed by atoms with E-state index in [1.54, 1.807) is 0 Å².